The summed E-state index contributed by atoms with van der Waals surface area (Å²) in [6.07, 6.45) is 0.148. The highest BCUT2D eigenvalue weighted by Crippen LogP contribution is 2.30. The Morgan fingerprint density at radius 3 is 2.83 bits per heavy atom. The Morgan fingerprint density at radius 2 is 2.17 bits per heavy atom. The maximum atomic E-state index is 12.8. The minimum absolute atomic E-state index is 0.148. The molecular weight excluding hydrogens is 330 g/mol. The Morgan fingerprint density at radius 1 is 1.42 bits per heavy atom. The molecule has 2 amide bonds. The molecule has 1 aliphatic heterocycles. The molecule has 0 saturated carbocycles. The summed E-state index contributed by atoms with van der Waals surface area (Å²) in [5, 5.41) is 7.14. The number of aryl methyl sites for hydroxylation is 2. The van der Waals surface area contributed by atoms with Crippen LogP contribution in [0.2, 0.25) is 5.02 Å². The number of aromatic nitrogens is 1. The molecule has 0 spiro atoms. The topological polar surface area (TPSA) is 75.4 Å². The van der Waals surface area contributed by atoms with Crippen molar-refractivity contribution in [3.05, 3.63) is 51.9 Å². The van der Waals surface area contributed by atoms with Crippen LogP contribution >= 0.6 is 11.6 Å². The van der Waals surface area contributed by atoms with Crippen LogP contribution in [-0.4, -0.2) is 35.0 Å². The van der Waals surface area contributed by atoms with Crippen LogP contribution in [0.5, 0.6) is 0 Å². The smallest absolute Gasteiger partial charge is 0.247 e. The van der Waals surface area contributed by atoms with Gasteiger partial charge in [0, 0.05) is 29.2 Å². The maximum Gasteiger partial charge on any atom is 0.247 e. The predicted molar refractivity (Wildman–Crippen MR) is 88.6 cm³/mol. The second-order valence-corrected chi connectivity index (χ2v) is 6.19. The summed E-state index contributed by atoms with van der Waals surface area (Å²) < 4.78 is 5.11. The van der Waals surface area contributed by atoms with Gasteiger partial charge in [-0.3, -0.25) is 9.59 Å². The SMILES string of the molecule is Cc1noc(C)c1CC(=O)N1CCNC(=O)[C@@H]1c1ccccc1Cl. The van der Waals surface area contributed by atoms with E-state index in [1.54, 1.807) is 43.0 Å². The molecular formula is C17H18ClN3O3. The van der Waals surface area contributed by atoms with Gasteiger partial charge >= 0.3 is 0 Å². The third-order valence-corrected chi connectivity index (χ3v) is 4.59. The van der Waals surface area contributed by atoms with Crippen LogP contribution in [0.3, 0.4) is 0 Å². The first kappa shape index (κ1) is 16.5. The van der Waals surface area contributed by atoms with E-state index < -0.39 is 6.04 Å². The van der Waals surface area contributed by atoms with E-state index in [4.69, 9.17) is 16.1 Å². The lowest BCUT2D eigenvalue weighted by Crippen LogP contribution is -2.52. The fourth-order valence-electron chi connectivity index (χ4n) is 2.95. The molecule has 6 nitrogen and oxygen atoms in total. The van der Waals surface area contributed by atoms with Crippen molar-refractivity contribution in [2.75, 3.05) is 13.1 Å². The molecule has 1 N–H and O–H groups in total. The van der Waals surface area contributed by atoms with Crippen LogP contribution in [0.4, 0.5) is 0 Å². The van der Waals surface area contributed by atoms with Gasteiger partial charge in [-0.1, -0.05) is 35.0 Å². The van der Waals surface area contributed by atoms with Gasteiger partial charge in [-0.15, -0.1) is 0 Å². The first-order chi connectivity index (χ1) is 11.5. The van der Waals surface area contributed by atoms with E-state index in [1.165, 1.54) is 0 Å². The van der Waals surface area contributed by atoms with Crippen molar-refractivity contribution in [1.82, 2.24) is 15.4 Å². The molecule has 0 radical (unpaired) electrons. The number of hydrogen-bond acceptors (Lipinski definition) is 4. The number of carbonyl (C=O) groups is 2. The van der Waals surface area contributed by atoms with Gasteiger partial charge in [0.1, 0.15) is 11.8 Å². The molecule has 126 valence electrons. The van der Waals surface area contributed by atoms with Gasteiger partial charge in [-0.2, -0.15) is 0 Å². The summed E-state index contributed by atoms with van der Waals surface area (Å²) in [5.41, 5.74) is 2.09. The molecule has 0 aliphatic carbocycles. The second kappa shape index (κ2) is 6.65. The zero-order chi connectivity index (χ0) is 17.3. The molecule has 0 bridgehead atoms. The van der Waals surface area contributed by atoms with Gasteiger partial charge in [0.25, 0.3) is 0 Å². The van der Waals surface area contributed by atoms with Crippen LogP contribution in [0.1, 0.15) is 28.6 Å². The van der Waals surface area contributed by atoms with E-state index in [0.717, 1.165) is 5.56 Å². The van der Waals surface area contributed by atoms with Gasteiger partial charge in [0.05, 0.1) is 12.1 Å². The Hall–Kier alpha value is -2.34. The average molecular weight is 348 g/mol. The predicted octanol–water partition coefficient (Wildman–Crippen LogP) is 2.19. The molecule has 24 heavy (non-hydrogen) atoms. The van der Waals surface area contributed by atoms with Gasteiger partial charge < -0.3 is 14.7 Å². The van der Waals surface area contributed by atoms with Gasteiger partial charge in [0.2, 0.25) is 11.8 Å². The van der Waals surface area contributed by atoms with Crippen molar-refractivity contribution in [3.8, 4) is 0 Å². The van der Waals surface area contributed by atoms with Crippen molar-refractivity contribution in [2.45, 2.75) is 26.3 Å². The lowest BCUT2D eigenvalue weighted by Gasteiger charge is -2.35. The summed E-state index contributed by atoms with van der Waals surface area (Å²) in [6.45, 7) is 4.43. The van der Waals surface area contributed by atoms with E-state index in [9.17, 15) is 9.59 Å². The van der Waals surface area contributed by atoms with Gasteiger partial charge in [-0.25, -0.2) is 0 Å². The van der Waals surface area contributed by atoms with Gasteiger partial charge in [-0.05, 0) is 19.9 Å². The standard InChI is InChI=1S/C17H18ClN3O3/c1-10-13(11(2)24-20-10)9-15(22)21-8-7-19-17(23)16(21)12-5-3-4-6-14(12)18/h3-6,16H,7-9H2,1-2H3,(H,19,23)/t16-/m0/s1. The lowest BCUT2D eigenvalue weighted by atomic mass is 10.0. The Balaban J connectivity index is 1.91. The van der Waals surface area contributed by atoms with E-state index in [2.05, 4.69) is 10.5 Å². The molecule has 1 aliphatic rings. The molecule has 1 aromatic carbocycles. The first-order valence-corrected chi connectivity index (χ1v) is 8.10. The number of piperazine rings is 1. The summed E-state index contributed by atoms with van der Waals surface area (Å²) in [6, 6.07) is 6.37. The molecule has 7 heteroatoms. The van der Waals surface area contributed by atoms with Gasteiger partial charge in [0.15, 0.2) is 0 Å². The van der Waals surface area contributed by atoms with E-state index in [1.807, 2.05) is 0 Å². The summed E-state index contributed by atoms with van der Waals surface area (Å²) in [7, 11) is 0. The average Bonchev–Trinajstić information content (AvgIpc) is 2.87. The molecule has 1 fully saturated rings. The fourth-order valence-corrected chi connectivity index (χ4v) is 3.19. The van der Waals surface area contributed by atoms with Crippen LogP contribution in [0.15, 0.2) is 28.8 Å². The minimum Gasteiger partial charge on any atom is -0.361 e. The number of hydrogen-bond donors (Lipinski definition) is 1. The van der Waals surface area contributed by atoms with Crippen molar-refractivity contribution in [2.24, 2.45) is 0 Å². The van der Waals surface area contributed by atoms with Crippen molar-refractivity contribution in [3.63, 3.8) is 0 Å². The van der Waals surface area contributed by atoms with Crippen molar-refractivity contribution >= 4 is 23.4 Å². The highest BCUT2D eigenvalue weighted by atomic mass is 35.5. The number of carbonyl (C=O) groups excluding carboxylic acids is 2. The number of rotatable bonds is 3. The third kappa shape index (κ3) is 3.01. The van der Waals surface area contributed by atoms with E-state index >= 15 is 0 Å². The molecule has 1 saturated heterocycles. The highest BCUT2D eigenvalue weighted by molar-refractivity contribution is 6.31. The van der Waals surface area contributed by atoms with Crippen LogP contribution in [0, 0.1) is 13.8 Å². The molecule has 1 aromatic heterocycles. The van der Waals surface area contributed by atoms with Crippen LogP contribution < -0.4 is 5.32 Å². The minimum atomic E-state index is -0.722. The number of nitrogens with one attached hydrogen (secondary N) is 1. The van der Waals surface area contributed by atoms with E-state index in [0.29, 0.717) is 35.1 Å². The first-order valence-electron chi connectivity index (χ1n) is 7.72. The quantitative estimate of drug-likeness (QED) is 0.923. The summed E-state index contributed by atoms with van der Waals surface area (Å²) in [5.74, 6) is 0.252. The maximum absolute atomic E-state index is 12.8. The monoisotopic (exact) mass is 347 g/mol. The number of nitrogens with zero attached hydrogens (tertiary/aromatic N) is 2. The molecule has 2 heterocycles. The Labute approximate surface area is 144 Å². The normalized spacial score (nSPS) is 17.7. The number of benzene rings is 1. The van der Waals surface area contributed by atoms with Crippen molar-refractivity contribution < 1.29 is 14.1 Å². The zero-order valence-corrected chi connectivity index (χ0v) is 14.3. The third-order valence-electron chi connectivity index (χ3n) is 4.24. The Kier molecular flexibility index (Phi) is 4.57. The summed E-state index contributed by atoms with van der Waals surface area (Å²) >= 11 is 6.24. The molecule has 0 unspecified atom stereocenters. The van der Waals surface area contributed by atoms with Crippen LogP contribution in [-0.2, 0) is 16.0 Å². The second-order valence-electron chi connectivity index (χ2n) is 5.78. The van der Waals surface area contributed by atoms with Crippen LogP contribution in [0.25, 0.3) is 0 Å². The number of halogens is 1. The highest BCUT2D eigenvalue weighted by Gasteiger charge is 2.35. The molecule has 2 aromatic rings. The molecule has 1 atom stereocenters. The fraction of sp³-hybridized carbons (Fsp3) is 0.353. The Bertz CT molecular complexity index is 768. The van der Waals surface area contributed by atoms with Crippen molar-refractivity contribution in [1.29, 1.82) is 0 Å². The number of amides is 2. The van der Waals surface area contributed by atoms with E-state index in [-0.39, 0.29) is 18.2 Å². The zero-order valence-electron chi connectivity index (χ0n) is 13.5. The largest absolute Gasteiger partial charge is 0.361 e. The lowest BCUT2D eigenvalue weighted by molar-refractivity contribution is -0.143. The molecule has 3 rings (SSSR count). The summed E-state index contributed by atoms with van der Waals surface area (Å²) in [4.78, 5) is 26.8.